The number of pyridine rings is 2. The van der Waals surface area contributed by atoms with Crippen LogP contribution in [-0.4, -0.2) is 9.97 Å². The van der Waals surface area contributed by atoms with E-state index in [1.165, 1.54) is 11.1 Å². The van der Waals surface area contributed by atoms with E-state index in [0.29, 0.717) is 5.41 Å². The largest absolute Gasteiger partial charge is 0.261 e. The molecule has 0 unspecified atom stereocenters. The summed E-state index contributed by atoms with van der Waals surface area (Å²) in [6, 6.07) is 8.66. The van der Waals surface area contributed by atoms with Crippen molar-refractivity contribution in [3.63, 3.8) is 0 Å². The van der Waals surface area contributed by atoms with Crippen LogP contribution in [0.25, 0.3) is 0 Å². The van der Waals surface area contributed by atoms with Crippen molar-refractivity contribution < 1.29 is 0 Å². The Morgan fingerprint density at radius 3 is 2.23 bits per heavy atom. The molecule has 0 aliphatic carbocycles. The first kappa shape index (κ1) is 16.7. The van der Waals surface area contributed by atoms with Crippen molar-refractivity contribution in [2.24, 2.45) is 5.41 Å². The molecule has 0 saturated heterocycles. The molecule has 2 rings (SSSR count). The maximum Gasteiger partial charge on any atom is 0.0415 e. The van der Waals surface area contributed by atoms with Crippen LogP contribution >= 0.6 is 0 Å². The van der Waals surface area contributed by atoms with Crippen molar-refractivity contribution in [1.29, 1.82) is 0 Å². The van der Waals surface area contributed by atoms with Crippen molar-refractivity contribution in [2.45, 2.75) is 59.8 Å². The van der Waals surface area contributed by atoms with Crippen LogP contribution in [0, 0.1) is 12.3 Å². The van der Waals surface area contributed by atoms with Crippen LogP contribution in [0.3, 0.4) is 0 Å². The van der Waals surface area contributed by atoms with Crippen LogP contribution in [0.1, 0.15) is 57.1 Å². The first-order valence-electron chi connectivity index (χ1n) is 8.03. The molecular weight excluding hydrogens is 268 g/mol. The summed E-state index contributed by atoms with van der Waals surface area (Å²) in [4.78, 5) is 9.01. The van der Waals surface area contributed by atoms with E-state index in [1.54, 1.807) is 0 Å². The molecule has 0 spiro atoms. The van der Waals surface area contributed by atoms with E-state index in [-0.39, 0.29) is 5.41 Å². The molecule has 2 heteroatoms. The van der Waals surface area contributed by atoms with E-state index in [1.807, 2.05) is 19.3 Å². The highest BCUT2D eigenvalue weighted by Crippen LogP contribution is 2.27. The molecule has 22 heavy (non-hydrogen) atoms. The van der Waals surface area contributed by atoms with Gasteiger partial charge in [-0.15, -0.1) is 0 Å². The summed E-state index contributed by atoms with van der Waals surface area (Å²) in [5.41, 5.74) is 5.19. The summed E-state index contributed by atoms with van der Waals surface area (Å²) >= 11 is 0. The van der Waals surface area contributed by atoms with E-state index in [9.17, 15) is 0 Å². The lowest BCUT2D eigenvalue weighted by molar-refractivity contribution is 0.410. The third-order valence-corrected chi connectivity index (χ3v) is 3.93. The Morgan fingerprint density at radius 1 is 0.909 bits per heavy atom. The van der Waals surface area contributed by atoms with Crippen LogP contribution in [0.4, 0.5) is 0 Å². The lowest BCUT2D eigenvalue weighted by Crippen LogP contribution is -2.21. The van der Waals surface area contributed by atoms with Crippen molar-refractivity contribution >= 4 is 0 Å². The van der Waals surface area contributed by atoms with Gasteiger partial charge in [-0.25, -0.2) is 0 Å². The monoisotopic (exact) mass is 296 g/mol. The molecule has 2 nitrogen and oxygen atoms in total. The number of aryl methyl sites for hydroxylation is 1. The number of hydrogen-bond acceptors (Lipinski definition) is 2. The van der Waals surface area contributed by atoms with Crippen LogP contribution in [0.15, 0.2) is 36.7 Å². The quantitative estimate of drug-likeness (QED) is 0.802. The minimum absolute atomic E-state index is 0.0358. The molecule has 0 radical (unpaired) electrons. The molecule has 0 N–H and O–H groups in total. The molecular formula is C20H28N2. The molecule has 0 aliphatic rings. The molecule has 2 aromatic rings. The third-order valence-electron chi connectivity index (χ3n) is 3.93. The lowest BCUT2D eigenvalue weighted by atomic mass is 9.80. The van der Waals surface area contributed by atoms with Crippen molar-refractivity contribution in [3.8, 4) is 0 Å². The second-order valence-electron chi connectivity index (χ2n) is 8.14. The molecule has 118 valence electrons. The van der Waals surface area contributed by atoms with Crippen LogP contribution in [0.2, 0.25) is 0 Å². The van der Waals surface area contributed by atoms with Crippen molar-refractivity contribution in [1.82, 2.24) is 9.97 Å². The summed E-state index contributed by atoms with van der Waals surface area (Å²) in [5, 5.41) is 0. The smallest absolute Gasteiger partial charge is 0.0415 e. The summed E-state index contributed by atoms with van der Waals surface area (Å²) in [7, 11) is 0. The predicted octanol–water partition coefficient (Wildman–Crippen LogP) is 4.89. The third kappa shape index (κ3) is 4.66. The van der Waals surface area contributed by atoms with Crippen LogP contribution < -0.4 is 0 Å². The number of aromatic nitrogens is 2. The van der Waals surface area contributed by atoms with Crippen LogP contribution in [-0.2, 0) is 18.3 Å². The topological polar surface area (TPSA) is 25.8 Å². The Hall–Kier alpha value is -1.70. The fourth-order valence-electron chi connectivity index (χ4n) is 2.77. The maximum atomic E-state index is 4.58. The Balaban J connectivity index is 2.18. The van der Waals surface area contributed by atoms with Crippen molar-refractivity contribution in [3.05, 3.63) is 59.2 Å². The van der Waals surface area contributed by atoms with Gasteiger partial charge in [0.15, 0.2) is 0 Å². The van der Waals surface area contributed by atoms with Gasteiger partial charge in [0.05, 0.1) is 0 Å². The van der Waals surface area contributed by atoms with Gasteiger partial charge in [-0.1, -0.05) is 40.7 Å². The van der Waals surface area contributed by atoms with Gasteiger partial charge in [0.2, 0.25) is 0 Å². The molecule has 0 bridgehead atoms. The second-order valence-corrected chi connectivity index (χ2v) is 8.14. The maximum absolute atomic E-state index is 4.58. The molecule has 0 saturated carbocycles. The van der Waals surface area contributed by atoms with Gasteiger partial charge in [0.25, 0.3) is 0 Å². The summed E-state index contributed by atoms with van der Waals surface area (Å²) in [6.45, 7) is 13.4. The second kappa shape index (κ2) is 6.20. The number of rotatable bonds is 4. The Kier molecular flexibility index (Phi) is 4.69. The van der Waals surface area contributed by atoms with E-state index in [2.05, 4.69) is 68.9 Å². The molecule has 2 heterocycles. The van der Waals surface area contributed by atoms with E-state index in [4.69, 9.17) is 0 Å². The number of hydrogen-bond donors (Lipinski definition) is 0. The predicted molar refractivity (Wildman–Crippen MR) is 93.1 cm³/mol. The van der Waals surface area contributed by atoms with Gasteiger partial charge in [-0.3, -0.25) is 9.97 Å². The Labute approximate surface area is 135 Å². The average Bonchev–Trinajstić information content (AvgIpc) is 2.37. The minimum atomic E-state index is 0.0358. The average molecular weight is 296 g/mol. The highest BCUT2D eigenvalue weighted by molar-refractivity contribution is 5.26. The van der Waals surface area contributed by atoms with Gasteiger partial charge in [0, 0.05) is 23.8 Å². The molecule has 0 amide bonds. The van der Waals surface area contributed by atoms with E-state index in [0.717, 1.165) is 24.2 Å². The Bertz CT molecular complexity index is 619. The standard InChI is InChI=1S/C20H28N2/c1-15-7-8-17(14-22-15)20(5,6)13-18-11-16(9-10-21-18)12-19(2,3)4/h7-11,14H,12-13H2,1-6H3. The fourth-order valence-corrected chi connectivity index (χ4v) is 2.77. The highest BCUT2D eigenvalue weighted by Gasteiger charge is 2.22. The lowest BCUT2D eigenvalue weighted by Gasteiger charge is -2.25. The first-order chi connectivity index (χ1) is 10.2. The van der Waals surface area contributed by atoms with Gasteiger partial charge < -0.3 is 0 Å². The highest BCUT2D eigenvalue weighted by atomic mass is 14.7. The molecule has 0 atom stereocenters. The normalized spacial score (nSPS) is 12.5. The first-order valence-corrected chi connectivity index (χ1v) is 8.03. The van der Waals surface area contributed by atoms with E-state index >= 15 is 0 Å². The van der Waals surface area contributed by atoms with Crippen molar-refractivity contribution in [2.75, 3.05) is 0 Å². The zero-order valence-corrected chi connectivity index (χ0v) is 14.8. The summed E-state index contributed by atoms with van der Waals surface area (Å²) in [6.07, 6.45) is 5.94. The zero-order chi connectivity index (χ0) is 16.4. The van der Waals surface area contributed by atoms with E-state index < -0.39 is 0 Å². The Morgan fingerprint density at radius 2 is 1.64 bits per heavy atom. The number of nitrogens with zero attached hydrogens (tertiary/aromatic N) is 2. The van der Waals surface area contributed by atoms with Gasteiger partial charge >= 0.3 is 0 Å². The SMILES string of the molecule is Cc1ccc(C(C)(C)Cc2cc(CC(C)(C)C)ccn2)cn1. The summed E-state index contributed by atoms with van der Waals surface area (Å²) in [5.74, 6) is 0. The molecule has 2 aromatic heterocycles. The van der Waals surface area contributed by atoms with Gasteiger partial charge in [0.1, 0.15) is 0 Å². The zero-order valence-electron chi connectivity index (χ0n) is 14.8. The van der Waals surface area contributed by atoms with Gasteiger partial charge in [-0.2, -0.15) is 0 Å². The molecule has 0 aliphatic heterocycles. The molecule has 0 aromatic carbocycles. The molecule has 0 fully saturated rings. The summed E-state index contributed by atoms with van der Waals surface area (Å²) < 4.78 is 0. The minimum Gasteiger partial charge on any atom is -0.261 e. The van der Waals surface area contributed by atoms with Gasteiger partial charge in [-0.05, 0) is 59.9 Å². The van der Waals surface area contributed by atoms with Crippen LogP contribution in [0.5, 0.6) is 0 Å². The fraction of sp³-hybridized carbons (Fsp3) is 0.500.